The Labute approximate surface area is 117 Å². The van der Waals surface area contributed by atoms with Crippen LogP contribution in [0.25, 0.3) is 11.3 Å². The summed E-state index contributed by atoms with van der Waals surface area (Å²) in [5.74, 6) is -1.52. The molecule has 0 atom stereocenters. The van der Waals surface area contributed by atoms with Gasteiger partial charge in [0.15, 0.2) is 0 Å². The number of H-pyrrole nitrogens is 1. The van der Waals surface area contributed by atoms with E-state index in [0.717, 1.165) is 6.07 Å². The Morgan fingerprint density at radius 2 is 1.89 bits per heavy atom. The van der Waals surface area contributed by atoms with Gasteiger partial charge in [0.2, 0.25) is 0 Å². The zero-order valence-electron chi connectivity index (χ0n) is 9.65. The molecule has 2 aromatic rings. The van der Waals surface area contributed by atoms with Gasteiger partial charge in [-0.15, -0.1) is 0 Å². The fourth-order valence-corrected chi connectivity index (χ4v) is 2.08. The lowest BCUT2D eigenvalue weighted by Gasteiger charge is -2.10. The first kappa shape index (κ1) is 13.8. The number of nitrogens with one attached hydrogen (secondary N) is 1. The smallest absolute Gasteiger partial charge is 0.269 e. The van der Waals surface area contributed by atoms with Gasteiger partial charge in [-0.3, -0.25) is 4.79 Å². The second kappa shape index (κ2) is 4.83. The molecule has 0 fully saturated rings. The van der Waals surface area contributed by atoms with Crippen molar-refractivity contribution in [1.29, 1.82) is 0 Å². The van der Waals surface area contributed by atoms with E-state index in [1.54, 1.807) is 0 Å². The molecule has 3 nitrogen and oxygen atoms in total. The molecule has 0 aliphatic heterocycles. The summed E-state index contributed by atoms with van der Waals surface area (Å²) < 4.78 is 27.6. The molecule has 0 saturated heterocycles. The molecule has 100 valence electrons. The van der Waals surface area contributed by atoms with Gasteiger partial charge < -0.3 is 10.7 Å². The molecule has 1 heterocycles. The van der Waals surface area contributed by atoms with E-state index in [-0.39, 0.29) is 32.6 Å². The highest BCUT2D eigenvalue weighted by Gasteiger charge is 2.18. The second-order valence-corrected chi connectivity index (χ2v) is 4.72. The summed E-state index contributed by atoms with van der Waals surface area (Å²) in [7, 11) is 0. The van der Waals surface area contributed by atoms with Crippen LogP contribution in [0.1, 0.15) is 5.56 Å². The lowest BCUT2D eigenvalue weighted by Crippen LogP contribution is -2.11. The first-order chi connectivity index (χ1) is 8.82. The molecule has 0 amide bonds. The van der Waals surface area contributed by atoms with Crippen LogP contribution in [0.5, 0.6) is 0 Å². The Bertz CT molecular complexity index is 729. The van der Waals surface area contributed by atoms with Gasteiger partial charge in [0.25, 0.3) is 5.56 Å². The minimum absolute atomic E-state index is 0.0189. The van der Waals surface area contributed by atoms with E-state index in [2.05, 4.69) is 4.98 Å². The molecule has 0 radical (unpaired) electrons. The number of nitrogens with two attached hydrogens (primary N) is 1. The number of benzene rings is 1. The van der Waals surface area contributed by atoms with Crippen molar-refractivity contribution in [2.45, 2.75) is 6.92 Å². The van der Waals surface area contributed by atoms with Gasteiger partial charge in [-0.05, 0) is 24.6 Å². The van der Waals surface area contributed by atoms with Crippen LogP contribution >= 0.6 is 23.2 Å². The van der Waals surface area contributed by atoms with Gasteiger partial charge in [-0.2, -0.15) is 0 Å². The Hall–Kier alpha value is -1.59. The van der Waals surface area contributed by atoms with Crippen LogP contribution in [-0.4, -0.2) is 4.98 Å². The van der Waals surface area contributed by atoms with Gasteiger partial charge in [0.05, 0.1) is 16.4 Å². The standard InChI is InChI=1S/C12H8Cl2F2N2O/c1-4-9(6(15)2-5(13)11(4)16)8-3-7(17)10(14)12(19)18-8/h2-3H,1H3,(H3,17,18,19). The third-order valence-electron chi connectivity index (χ3n) is 2.68. The summed E-state index contributed by atoms with van der Waals surface area (Å²) >= 11 is 11.1. The van der Waals surface area contributed by atoms with Crippen LogP contribution in [-0.2, 0) is 0 Å². The summed E-state index contributed by atoms with van der Waals surface area (Å²) in [4.78, 5) is 13.8. The molecule has 0 aliphatic rings. The normalized spacial score (nSPS) is 10.8. The molecule has 0 unspecified atom stereocenters. The van der Waals surface area contributed by atoms with Crippen molar-refractivity contribution in [3.05, 3.63) is 49.7 Å². The molecule has 2 rings (SSSR count). The number of nitrogen functional groups attached to an aromatic ring is 1. The highest BCUT2D eigenvalue weighted by Crippen LogP contribution is 2.32. The summed E-state index contributed by atoms with van der Waals surface area (Å²) in [5.41, 5.74) is 4.74. The highest BCUT2D eigenvalue weighted by atomic mass is 35.5. The maximum Gasteiger partial charge on any atom is 0.269 e. The van der Waals surface area contributed by atoms with Crippen LogP contribution < -0.4 is 11.3 Å². The molecule has 7 heteroatoms. The fourth-order valence-electron chi connectivity index (χ4n) is 1.74. The van der Waals surface area contributed by atoms with Crippen molar-refractivity contribution < 1.29 is 8.78 Å². The lowest BCUT2D eigenvalue weighted by molar-refractivity contribution is 0.595. The van der Waals surface area contributed by atoms with Crippen LogP contribution in [0.15, 0.2) is 16.9 Å². The average Bonchev–Trinajstić information content (AvgIpc) is 2.33. The van der Waals surface area contributed by atoms with Crippen molar-refractivity contribution in [2.75, 3.05) is 5.73 Å². The summed E-state index contributed by atoms with van der Waals surface area (Å²) in [5, 5.41) is -0.528. The number of aromatic nitrogens is 1. The van der Waals surface area contributed by atoms with Crippen LogP contribution in [0.4, 0.5) is 14.5 Å². The van der Waals surface area contributed by atoms with Crippen LogP contribution in [0, 0.1) is 18.6 Å². The molecule has 0 saturated carbocycles. The molecular formula is C12H8Cl2F2N2O. The average molecular weight is 305 g/mol. The van der Waals surface area contributed by atoms with E-state index in [1.165, 1.54) is 13.0 Å². The monoisotopic (exact) mass is 304 g/mol. The Morgan fingerprint density at radius 1 is 1.26 bits per heavy atom. The maximum atomic E-state index is 13.9. The number of hydrogen-bond acceptors (Lipinski definition) is 2. The van der Waals surface area contributed by atoms with Gasteiger partial charge in [0.1, 0.15) is 16.7 Å². The number of aromatic amines is 1. The van der Waals surface area contributed by atoms with Gasteiger partial charge in [-0.1, -0.05) is 23.2 Å². The first-order valence-corrected chi connectivity index (χ1v) is 5.91. The topological polar surface area (TPSA) is 58.9 Å². The second-order valence-electron chi connectivity index (χ2n) is 3.94. The quantitative estimate of drug-likeness (QED) is 0.792. The van der Waals surface area contributed by atoms with Crippen LogP contribution in [0.3, 0.4) is 0 Å². The van der Waals surface area contributed by atoms with Gasteiger partial charge >= 0.3 is 0 Å². The molecule has 1 aromatic heterocycles. The van der Waals surface area contributed by atoms with E-state index >= 15 is 0 Å². The Morgan fingerprint density at radius 3 is 2.47 bits per heavy atom. The lowest BCUT2D eigenvalue weighted by atomic mass is 10.0. The maximum absolute atomic E-state index is 13.9. The largest absolute Gasteiger partial charge is 0.397 e. The van der Waals surface area contributed by atoms with E-state index < -0.39 is 17.2 Å². The van der Waals surface area contributed by atoms with E-state index in [4.69, 9.17) is 28.9 Å². The molecule has 1 aromatic carbocycles. The van der Waals surface area contributed by atoms with Gasteiger partial charge in [-0.25, -0.2) is 8.78 Å². The SMILES string of the molecule is Cc1c(F)c(Cl)cc(F)c1-c1cc(N)c(Cl)c(=O)[nH]1. The molecule has 0 aliphatic carbocycles. The zero-order chi connectivity index (χ0) is 14.3. The molecule has 0 spiro atoms. The van der Waals surface area contributed by atoms with Crippen molar-refractivity contribution in [3.8, 4) is 11.3 Å². The van der Waals surface area contributed by atoms with Crippen molar-refractivity contribution in [1.82, 2.24) is 4.98 Å². The minimum atomic E-state index is -0.763. The molecule has 19 heavy (non-hydrogen) atoms. The Balaban J connectivity index is 2.80. The third kappa shape index (κ3) is 2.31. The van der Waals surface area contributed by atoms with Crippen molar-refractivity contribution in [2.24, 2.45) is 0 Å². The number of rotatable bonds is 1. The van der Waals surface area contributed by atoms with E-state index in [9.17, 15) is 13.6 Å². The third-order valence-corrected chi connectivity index (χ3v) is 3.34. The highest BCUT2D eigenvalue weighted by molar-refractivity contribution is 6.33. The van der Waals surface area contributed by atoms with E-state index in [1.807, 2.05) is 0 Å². The predicted molar refractivity (Wildman–Crippen MR) is 71.6 cm³/mol. The minimum Gasteiger partial charge on any atom is -0.397 e. The van der Waals surface area contributed by atoms with Crippen molar-refractivity contribution >= 4 is 28.9 Å². The summed E-state index contributed by atoms with van der Waals surface area (Å²) in [6.45, 7) is 1.35. The molecule has 0 bridgehead atoms. The number of hydrogen-bond donors (Lipinski definition) is 2. The van der Waals surface area contributed by atoms with Crippen molar-refractivity contribution in [3.63, 3.8) is 0 Å². The number of anilines is 1. The molecule has 3 N–H and O–H groups in total. The Kier molecular flexibility index (Phi) is 3.52. The fraction of sp³-hybridized carbons (Fsp3) is 0.0833. The predicted octanol–water partition coefficient (Wildman–Crippen LogP) is 3.52. The summed E-state index contributed by atoms with van der Waals surface area (Å²) in [6.07, 6.45) is 0. The number of pyridine rings is 1. The van der Waals surface area contributed by atoms with Gasteiger partial charge in [0, 0.05) is 5.56 Å². The van der Waals surface area contributed by atoms with Crippen LogP contribution in [0.2, 0.25) is 10.0 Å². The first-order valence-electron chi connectivity index (χ1n) is 5.15. The summed E-state index contributed by atoms with van der Waals surface area (Å²) in [6, 6.07) is 2.10. The number of halogens is 4. The zero-order valence-corrected chi connectivity index (χ0v) is 11.2. The molecular weight excluding hydrogens is 297 g/mol. The van der Waals surface area contributed by atoms with E-state index in [0.29, 0.717) is 0 Å².